The standard InChI is InChI=1S/C24H26ClN5O2S/c1-33-27-23-10-11-30(26-23)24(31)29-15-18-13-28(14-19(18)16-29)12-17-2-6-21(7-3-17)32-22-8-4-20(25)5-9-22/h2-11,18-19H,12-16H2,1H3,(H,26,27). The summed E-state index contributed by atoms with van der Waals surface area (Å²) in [5.74, 6) is 3.31. The molecule has 0 spiro atoms. The maximum absolute atomic E-state index is 12.8. The molecule has 2 saturated heterocycles. The number of nitrogens with zero attached hydrogens (tertiary/aromatic N) is 4. The Morgan fingerprint density at radius 2 is 1.67 bits per heavy atom. The number of anilines is 1. The number of carbonyl (C=O) groups excluding carboxylic acids is 1. The molecule has 3 heterocycles. The first-order valence-electron chi connectivity index (χ1n) is 11.0. The molecule has 2 atom stereocenters. The van der Waals surface area contributed by atoms with Crippen LogP contribution in [0.2, 0.25) is 5.02 Å². The number of hydrogen-bond acceptors (Lipinski definition) is 6. The van der Waals surface area contributed by atoms with Crippen LogP contribution in [-0.4, -0.2) is 58.0 Å². The zero-order valence-electron chi connectivity index (χ0n) is 18.4. The highest BCUT2D eigenvalue weighted by molar-refractivity contribution is 7.99. The van der Waals surface area contributed by atoms with Crippen LogP contribution in [0.15, 0.2) is 60.8 Å². The second-order valence-electron chi connectivity index (χ2n) is 8.55. The molecule has 1 aromatic heterocycles. The Bertz CT molecular complexity index is 1090. The van der Waals surface area contributed by atoms with E-state index in [-0.39, 0.29) is 6.03 Å². The predicted octanol–water partition coefficient (Wildman–Crippen LogP) is 5.05. The Hall–Kier alpha value is -2.68. The fraction of sp³-hybridized carbons (Fsp3) is 0.333. The van der Waals surface area contributed by atoms with Gasteiger partial charge in [-0.3, -0.25) is 4.90 Å². The van der Waals surface area contributed by atoms with Gasteiger partial charge in [-0.2, -0.15) is 4.68 Å². The number of benzene rings is 2. The van der Waals surface area contributed by atoms with Gasteiger partial charge in [0.25, 0.3) is 0 Å². The fourth-order valence-corrected chi connectivity index (χ4v) is 5.11. The number of ether oxygens (including phenoxy) is 1. The lowest BCUT2D eigenvalue weighted by atomic mass is 10.0. The Morgan fingerprint density at radius 3 is 2.30 bits per heavy atom. The van der Waals surface area contributed by atoms with Crippen LogP contribution in [0.25, 0.3) is 0 Å². The van der Waals surface area contributed by atoms with Crippen LogP contribution in [0.4, 0.5) is 10.6 Å². The van der Waals surface area contributed by atoms with Gasteiger partial charge >= 0.3 is 6.03 Å². The molecule has 0 aliphatic carbocycles. The molecule has 1 amide bonds. The Kier molecular flexibility index (Phi) is 6.48. The van der Waals surface area contributed by atoms with Crippen LogP contribution in [0.1, 0.15) is 5.56 Å². The van der Waals surface area contributed by atoms with Crippen molar-refractivity contribution in [3.05, 3.63) is 71.4 Å². The number of fused-ring (bicyclic) bond motifs is 1. The molecule has 0 saturated carbocycles. The van der Waals surface area contributed by atoms with Crippen molar-refractivity contribution in [2.75, 3.05) is 37.2 Å². The van der Waals surface area contributed by atoms with Crippen LogP contribution >= 0.6 is 23.5 Å². The number of aromatic nitrogens is 2. The molecule has 5 rings (SSSR count). The lowest BCUT2D eigenvalue weighted by molar-refractivity contribution is 0.197. The summed E-state index contributed by atoms with van der Waals surface area (Å²) in [4.78, 5) is 17.2. The molecule has 3 aromatic rings. The number of halogens is 1. The molecule has 2 aliphatic rings. The minimum atomic E-state index is -0.0404. The van der Waals surface area contributed by atoms with Gasteiger partial charge in [0.2, 0.25) is 0 Å². The Morgan fingerprint density at radius 1 is 1.03 bits per heavy atom. The van der Waals surface area contributed by atoms with Crippen LogP contribution in [0, 0.1) is 11.8 Å². The third kappa shape index (κ3) is 5.13. The number of rotatable bonds is 6. The highest BCUT2D eigenvalue weighted by atomic mass is 35.5. The predicted molar refractivity (Wildman–Crippen MR) is 132 cm³/mol. The number of amides is 1. The van der Waals surface area contributed by atoms with Crippen molar-refractivity contribution in [2.24, 2.45) is 11.8 Å². The number of carbonyl (C=O) groups is 1. The van der Waals surface area contributed by atoms with Crippen molar-refractivity contribution in [3.63, 3.8) is 0 Å². The summed E-state index contributed by atoms with van der Waals surface area (Å²) < 4.78 is 10.4. The summed E-state index contributed by atoms with van der Waals surface area (Å²) in [7, 11) is 0. The summed E-state index contributed by atoms with van der Waals surface area (Å²) >= 11 is 7.39. The summed E-state index contributed by atoms with van der Waals surface area (Å²) in [6.07, 6.45) is 3.65. The first-order valence-corrected chi connectivity index (χ1v) is 12.6. The lowest BCUT2D eigenvalue weighted by Gasteiger charge is -2.21. The minimum absolute atomic E-state index is 0.0404. The van der Waals surface area contributed by atoms with E-state index < -0.39 is 0 Å². The second-order valence-corrected chi connectivity index (χ2v) is 9.60. The zero-order valence-corrected chi connectivity index (χ0v) is 19.9. The van der Waals surface area contributed by atoms with Crippen molar-refractivity contribution in [1.29, 1.82) is 0 Å². The van der Waals surface area contributed by atoms with Gasteiger partial charge in [-0.05, 0) is 53.8 Å². The van der Waals surface area contributed by atoms with Crippen LogP contribution < -0.4 is 9.46 Å². The van der Waals surface area contributed by atoms with E-state index in [1.54, 1.807) is 6.20 Å². The van der Waals surface area contributed by atoms with Crippen molar-refractivity contribution >= 4 is 35.4 Å². The van der Waals surface area contributed by atoms with Gasteiger partial charge in [-0.15, -0.1) is 5.10 Å². The first kappa shape index (κ1) is 22.1. The van der Waals surface area contributed by atoms with Gasteiger partial charge in [0, 0.05) is 56.3 Å². The topological polar surface area (TPSA) is 62.6 Å². The fourth-order valence-electron chi connectivity index (χ4n) is 4.67. The molecule has 7 nitrogen and oxygen atoms in total. The summed E-state index contributed by atoms with van der Waals surface area (Å²) in [5.41, 5.74) is 1.26. The van der Waals surface area contributed by atoms with E-state index in [9.17, 15) is 4.79 Å². The average Bonchev–Trinajstić information content (AvgIpc) is 3.52. The van der Waals surface area contributed by atoms with Gasteiger partial charge in [-0.1, -0.05) is 35.7 Å². The van der Waals surface area contributed by atoms with Crippen molar-refractivity contribution in [3.8, 4) is 11.5 Å². The van der Waals surface area contributed by atoms with Crippen LogP contribution in [-0.2, 0) is 6.54 Å². The van der Waals surface area contributed by atoms with E-state index in [2.05, 4.69) is 26.9 Å². The van der Waals surface area contributed by atoms with Crippen molar-refractivity contribution in [2.45, 2.75) is 6.54 Å². The molecule has 1 N–H and O–H groups in total. The van der Waals surface area contributed by atoms with Gasteiger partial charge < -0.3 is 14.4 Å². The quantitative estimate of drug-likeness (QED) is 0.495. The molecule has 33 heavy (non-hydrogen) atoms. The molecule has 2 fully saturated rings. The molecule has 172 valence electrons. The molecule has 0 bridgehead atoms. The van der Waals surface area contributed by atoms with Gasteiger partial charge in [0.1, 0.15) is 11.5 Å². The van der Waals surface area contributed by atoms with Gasteiger partial charge in [-0.25, -0.2) is 4.79 Å². The molecule has 2 aliphatic heterocycles. The maximum Gasteiger partial charge on any atom is 0.344 e. The minimum Gasteiger partial charge on any atom is -0.457 e. The van der Waals surface area contributed by atoms with E-state index in [0.717, 1.165) is 44.2 Å². The van der Waals surface area contributed by atoms with Crippen molar-refractivity contribution < 1.29 is 9.53 Å². The van der Waals surface area contributed by atoms with E-state index in [1.165, 1.54) is 22.2 Å². The summed E-state index contributed by atoms with van der Waals surface area (Å²) in [6.45, 7) is 4.51. The molecule has 0 radical (unpaired) electrons. The maximum atomic E-state index is 12.8. The van der Waals surface area contributed by atoms with E-state index >= 15 is 0 Å². The second kappa shape index (κ2) is 9.67. The third-order valence-electron chi connectivity index (χ3n) is 6.20. The van der Waals surface area contributed by atoms with E-state index in [0.29, 0.717) is 22.7 Å². The molecule has 2 aromatic carbocycles. The van der Waals surface area contributed by atoms with Gasteiger partial charge in [0.05, 0.1) is 0 Å². The Balaban J connectivity index is 1.12. The molecular weight excluding hydrogens is 458 g/mol. The van der Waals surface area contributed by atoms with E-state index in [1.807, 2.05) is 53.6 Å². The molecule has 2 unspecified atom stereocenters. The Labute approximate surface area is 202 Å². The van der Waals surface area contributed by atoms with Crippen LogP contribution in [0.5, 0.6) is 11.5 Å². The monoisotopic (exact) mass is 483 g/mol. The molecule has 9 heteroatoms. The highest BCUT2D eigenvalue weighted by Crippen LogP contribution is 2.32. The van der Waals surface area contributed by atoms with Gasteiger partial charge in [0.15, 0.2) is 5.82 Å². The normalized spacial score (nSPS) is 20.1. The smallest absolute Gasteiger partial charge is 0.344 e. The third-order valence-corrected chi connectivity index (χ3v) is 6.87. The number of hydrogen-bond donors (Lipinski definition) is 1. The first-order chi connectivity index (χ1) is 16.1. The number of likely N-dealkylation sites (tertiary alicyclic amines) is 2. The van der Waals surface area contributed by atoms with Crippen LogP contribution in [0.3, 0.4) is 0 Å². The summed E-state index contributed by atoms with van der Waals surface area (Å²) in [5, 5.41) is 5.01. The largest absolute Gasteiger partial charge is 0.457 e. The zero-order chi connectivity index (χ0) is 22.8. The SMILES string of the molecule is CSNc1ccn(C(=O)N2CC3CN(Cc4ccc(Oc5ccc(Cl)cc5)cc4)CC3C2)n1. The van der Waals surface area contributed by atoms with Crippen molar-refractivity contribution in [1.82, 2.24) is 19.6 Å². The lowest BCUT2D eigenvalue weighted by Crippen LogP contribution is -2.36. The summed E-state index contributed by atoms with van der Waals surface area (Å²) in [6, 6.07) is 17.4. The average molecular weight is 484 g/mol. The highest BCUT2D eigenvalue weighted by Gasteiger charge is 2.41. The van der Waals surface area contributed by atoms with E-state index in [4.69, 9.17) is 16.3 Å². The molecular formula is C24H26ClN5O2S. The number of nitrogens with one attached hydrogen (secondary N) is 1.